The zero-order valence-corrected chi connectivity index (χ0v) is 29.0. The summed E-state index contributed by atoms with van der Waals surface area (Å²) in [4.78, 5) is 26.1. The van der Waals surface area contributed by atoms with Crippen molar-refractivity contribution in [2.45, 2.75) is 163 Å². The first-order chi connectivity index (χ1) is 20.5. The van der Waals surface area contributed by atoms with E-state index in [2.05, 4.69) is 57.7 Å². The van der Waals surface area contributed by atoms with Crippen LogP contribution in [-0.4, -0.2) is 34.6 Å². The molecule has 6 rings (SSSR count). The van der Waals surface area contributed by atoms with E-state index in [-0.39, 0.29) is 11.7 Å². The van der Waals surface area contributed by atoms with Gasteiger partial charge in [-0.2, -0.15) is 0 Å². The Morgan fingerprint density at radius 1 is 0.651 bits per heavy atom. The second-order valence-corrected chi connectivity index (χ2v) is 15.5. The quantitative estimate of drug-likeness (QED) is 0.320. The summed E-state index contributed by atoms with van der Waals surface area (Å²) in [5.74, 6) is 4.31. The molecular formula is C40H63NO2. The largest absolute Gasteiger partial charge is 0.295 e. The van der Waals surface area contributed by atoms with E-state index >= 15 is 0 Å². The lowest BCUT2D eigenvalue weighted by Gasteiger charge is -2.32. The van der Waals surface area contributed by atoms with E-state index in [0.717, 1.165) is 36.2 Å². The number of fused-ring (bicyclic) bond motifs is 6. The van der Waals surface area contributed by atoms with Crippen molar-refractivity contribution in [3.8, 4) is 0 Å². The van der Waals surface area contributed by atoms with Crippen LogP contribution in [0.3, 0.4) is 0 Å². The van der Waals surface area contributed by atoms with Gasteiger partial charge in [-0.05, 0) is 172 Å². The number of hydrogen-bond acceptors (Lipinski definition) is 3. The molecule has 6 atom stereocenters. The molecule has 2 saturated carbocycles. The van der Waals surface area contributed by atoms with Crippen molar-refractivity contribution in [1.29, 1.82) is 0 Å². The molecule has 43 heavy (non-hydrogen) atoms. The molecule has 1 saturated heterocycles. The second kappa shape index (κ2) is 15.5. The third kappa shape index (κ3) is 8.50. The molecule has 3 nitrogen and oxygen atoms in total. The minimum Gasteiger partial charge on any atom is -0.295 e. The Bertz CT molecular complexity index is 1110. The molecule has 3 fully saturated rings. The molecule has 0 N–H and O–H groups in total. The highest BCUT2D eigenvalue weighted by atomic mass is 16.1. The molecule has 0 radical (unpaired) electrons. The Labute approximate surface area is 264 Å². The molecule has 0 spiro atoms. The van der Waals surface area contributed by atoms with E-state index in [9.17, 15) is 9.59 Å². The summed E-state index contributed by atoms with van der Waals surface area (Å²) in [5, 5.41) is 0. The van der Waals surface area contributed by atoms with E-state index in [4.69, 9.17) is 0 Å². The maximum atomic E-state index is 12.0. The van der Waals surface area contributed by atoms with Crippen LogP contribution in [0.25, 0.3) is 0 Å². The third-order valence-electron chi connectivity index (χ3n) is 11.6. The first kappa shape index (κ1) is 34.1. The lowest BCUT2D eigenvalue weighted by molar-refractivity contribution is -0.118. The van der Waals surface area contributed by atoms with E-state index in [1.165, 1.54) is 88.2 Å². The van der Waals surface area contributed by atoms with Gasteiger partial charge < -0.3 is 0 Å². The second-order valence-electron chi connectivity index (χ2n) is 15.5. The normalized spacial score (nSPS) is 31.3. The molecule has 6 aliphatic rings. The van der Waals surface area contributed by atoms with Gasteiger partial charge in [0, 0.05) is 29.6 Å². The molecule has 2 aliphatic heterocycles. The van der Waals surface area contributed by atoms with Gasteiger partial charge in [0.15, 0.2) is 11.6 Å². The molecule has 6 bridgehead atoms. The number of nitrogens with zero attached hydrogens (tertiary/aromatic N) is 1. The van der Waals surface area contributed by atoms with Crippen LogP contribution in [0.4, 0.5) is 0 Å². The van der Waals surface area contributed by atoms with Crippen molar-refractivity contribution in [2.75, 3.05) is 0 Å². The first-order valence-corrected chi connectivity index (χ1v) is 18.0. The van der Waals surface area contributed by atoms with Crippen molar-refractivity contribution in [2.24, 2.45) is 29.6 Å². The molecule has 3 heteroatoms. The molecule has 0 aromatic carbocycles. The van der Waals surface area contributed by atoms with Gasteiger partial charge in [-0.1, -0.05) is 37.6 Å². The minimum absolute atomic E-state index is 0.179. The van der Waals surface area contributed by atoms with Gasteiger partial charge in [0.05, 0.1) is 0 Å². The third-order valence-corrected chi connectivity index (χ3v) is 11.6. The van der Waals surface area contributed by atoms with Crippen LogP contribution in [0.2, 0.25) is 0 Å². The predicted molar refractivity (Wildman–Crippen MR) is 182 cm³/mol. The average molecular weight is 590 g/mol. The van der Waals surface area contributed by atoms with Gasteiger partial charge in [-0.15, -0.1) is 0 Å². The fraction of sp³-hybridized carbons (Fsp3) is 0.750. The van der Waals surface area contributed by atoms with E-state index in [0.29, 0.717) is 29.8 Å². The van der Waals surface area contributed by atoms with Gasteiger partial charge in [0.25, 0.3) is 0 Å². The zero-order valence-electron chi connectivity index (χ0n) is 29.0. The summed E-state index contributed by atoms with van der Waals surface area (Å²) in [7, 11) is 0. The SMILES string of the molecule is CC(=O)C1=CCC[C@H]2CCC1N2C(C)C.CC(C)=C(C)C1=CCC[C@H]2CCC1C2.CC(C)C(=O)C1=CCC[C@H]2CCC1C2. The maximum absolute atomic E-state index is 12.0. The van der Waals surface area contributed by atoms with Gasteiger partial charge in [0.1, 0.15) is 0 Å². The lowest BCUT2D eigenvalue weighted by Crippen LogP contribution is -2.42. The Kier molecular flexibility index (Phi) is 12.3. The van der Waals surface area contributed by atoms with Crippen LogP contribution in [-0.2, 0) is 9.59 Å². The van der Waals surface area contributed by atoms with Crippen LogP contribution < -0.4 is 0 Å². The number of hydrogen-bond donors (Lipinski definition) is 0. The lowest BCUT2D eigenvalue weighted by atomic mass is 9.89. The van der Waals surface area contributed by atoms with Crippen molar-refractivity contribution < 1.29 is 9.59 Å². The summed E-state index contributed by atoms with van der Waals surface area (Å²) >= 11 is 0. The molecule has 3 unspecified atom stereocenters. The smallest absolute Gasteiger partial charge is 0.161 e. The van der Waals surface area contributed by atoms with Crippen LogP contribution in [0.1, 0.15) is 145 Å². The minimum atomic E-state index is 0.179. The van der Waals surface area contributed by atoms with Gasteiger partial charge in [0.2, 0.25) is 0 Å². The fourth-order valence-corrected chi connectivity index (χ4v) is 9.14. The monoisotopic (exact) mass is 589 g/mol. The highest BCUT2D eigenvalue weighted by Crippen LogP contribution is 2.44. The highest BCUT2D eigenvalue weighted by Gasteiger charge is 2.39. The van der Waals surface area contributed by atoms with Crippen molar-refractivity contribution in [1.82, 2.24) is 4.90 Å². The van der Waals surface area contributed by atoms with Crippen LogP contribution in [0.15, 0.2) is 46.1 Å². The van der Waals surface area contributed by atoms with Crippen LogP contribution in [0.5, 0.6) is 0 Å². The average Bonchev–Trinajstić information content (AvgIpc) is 3.58. The molecule has 4 aliphatic carbocycles. The molecule has 0 amide bonds. The maximum Gasteiger partial charge on any atom is 0.161 e. The number of allylic oxidation sites excluding steroid dienone is 7. The molecular weight excluding hydrogens is 526 g/mol. The summed E-state index contributed by atoms with van der Waals surface area (Å²) < 4.78 is 0. The molecule has 240 valence electrons. The fourth-order valence-electron chi connectivity index (χ4n) is 9.14. The Morgan fingerprint density at radius 3 is 1.72 bits per heavy atom. The van der Waals surface area contributed by atoms with E-state index < -0.39 is 0 Å². The summed E-state index contributed by atoms with van der Waals surface area (Å²) in [6, 6.07) is 1.68. The number of Topliss-reactive ketones (excluding diaryl/α,β-unsaturated/α-hetero) is 2. The first-order valence-electron chi connectivity index (χ1n) is 18.0. The van der Waals surface area contributed by atoms with Crippen molar-refractivity contribution in [3.05, 3.63) is 46.1 Å². The van der Waals surface area contributed by atoms with Crippen LogP contribution >= 0.6 is 0 Å². The van der Waals surface area contributed by atoms with Crippen LogP contribution in [0, 0.1) is 29.6 Å². The number of ketones is 2. The summed E-state index contributed by atoms with van der Waals surface area (Å²) in [6.07, 6.45) is 25.2. The number of rotatable bonds is 5. The highest BCUT2D eigenvalue weighted by molar-refractivity contribution is 5.97. The zero-order chi connectivity index (χ0) is 31.3. The van der Waals surface area contributed by atoms with E-state index in [1.807, 2.05) is 13.8 Å². The summed E-state index contributed by atoms with van der Waals surface area (Å²) in [6.45, 7) is 17.0. The molecule has 2 heterocycles. The topological polar surface area (TPSA) is 37.4 Å². The van der Waals surface area contributed by atoms with Gasteiger partial charge in [-0.25, -0.2) is 0 Å². The Hall–Kier alpha value is -1.74. The number of carbonyl (C=O) groups is 2. The number of carbonyl (C=O) groups excluding carboxylic acids is 2. The standard InChI is InChI=1S/C14H22.C13H21NO.C13H20O/c1-10(2)11(3)14-6-4-5-12-7-8-13(14)9-12;1-9(2)14-11-5-4-6-12(10(3)15)13(14)8-7-11;1-9(2)13(14)12-5-3-4-10-6-7-11(12)8-10/h6,12-13H,4-5,7-9H2,1-3H3;6,9,11,13H,4-5,7-8H2,1-3H3;5,9-11H,3-4,6-8H2,1-2H3/t12-,13?;11-,13?;10-,11?/m000/s1. The van der Waals surface area contributed by atoms with Crippen molar-refractivity contribution in [3.63, 3.8) is 0 Å². The Morgan fingerprint density at radius 2 is 1.19 bits per heavy atom. The van der Waals surface area contributed by atoms with E-state index in [1.54, 1.807) is 18.1 Å². The van der Waals surface area contributed by atoms with Crippen molar-refractivity contribution >= 4 is 11.6 Å². The van der Waals surface area contributed by atoms with Gasteiger partial charge in [-0.3, -0.25) is 14.5 Å². The molecule has 0 aromatic heterocycles. The summed E-state index contributed by atoms with van der Waals surface area (Å²) in [5.41, 5.74) is 6.99. The Balaban J connectivity index is 0.000000148. The molecule has 0 aromatic rings. The van der Waals surface area contributed by atoms with Gasteiger partial charge >= 0.3 is 0 Å². The predicted octanol–water partition coefficient (Wildman–Crippen LogP) is 10.4.